The topological polar surface area (TPSA) is 67.9 Å². The van der Waals surface area contributed by atoms with Crippen LogP contribution in [-0.2, 0) is 27.3 Å². The van der Waals surface area contributed by atoms with Crippen molar-refractivity contribution in [3.05, 3.63) is 58.9 Å². The number of amides is 2. The summed E-state index contributed by atoms with van der Waals surface area (Å²) in [6, 6.07) is 9.69. The lowest BCUT2D eigenvalue weighted by Crippen LogP contribution is -2.47. The molecule has 2 aromatic carbocycles. The van der Waals surface area contributed by atoms with E-state index in [9.17, 15) is 14.0 Å². The van der Waals surface area contributed by atoms with Gasteiger partial charge in [0.1, 0.15) is 17.5 Å². The van der Waals surface area contributed by atoms with Gasteiger partial charge in [0.05, 0.1) is 14.7 Å². The van der Waals surface area contributed by atoms with Crippen LogP contribution < -0.4 is 10.5 Å². The lowest BCUT2D eigenvalue weighted by molar-refractivity contribution is -0.121. The predicted octanol–water partition coefficient (Wildman–Crippen LogP) is 4.99. The molecule has 6 nitrogen and oxygen atoms in total. The fraction of sp³-hybridized carbons (Fsp3) is 0.462. The molecule has 0 saturated heterocycles. The van der Waals surface area contributed by atoms with Crippen LogP contribution in [0.25, 0.3) is 0 Å². The van der Waals surface area contributed by atoms with Crippen LogP contribution in [0, 0.1) is 5.82 Å². The normalized spacial score (nSPS) is 16.1. The van der Waals surface area contributed by atoms with E-state index in [0.29, 0.717) is 30.4 Å². The number of carbonyl (C=O) groups excluding carboxylic acids is 2. The van der Waals surface area contributed by atoms with Crippen LogP contribution in [0.5, 0.6) is 0 Å². The van der Waals surface area contributed by atoms with Crippen molar-refractivity contribution in [2.75, 3.05) is 19.0 Å². The third kappa shape index (κ3) is 6.04. The zero-order chi connectivity index (χ0) is 25.3. The molecule has 2 amide bonds. The standard InChI is InChI=1S/C26H35FN2O4Si/c1-26(2,3)33-25(31)29-13-12-18-14-17(16-32-4)8-10-20(18)23(29)24(30)28-19-9-11-22(21(27)15-19)34(5,6)7/h8-11,14-15,23H,12-13,16H2,1-7H3,(H,28,30)/t23-/m0/s1. The Balaban J connectivity index is 1.95. The maximum absolute atomic E-state index is 14.8. The van der Waals surface area contributed by atoms with Crippen molar-refractivity contribution >= 4 is 30.9 Å². The molecule has 0 aliphatic carbocycles. The number of ether oxygens (including phenoxy) is 2. The van der Waals surface area contributed by atoms with E-state index >= 15 is 0 Å². The summed E-state index contributed by atoms with van der Waals surface area (Å²) in [6.07, 6.45) is 0.0367. The van der Waals surface area contributed by atoms with E-state index in [4.69, 9.17) is 9.47 Å². The average molecular weight is 487 g/mol. The van der Waals surface area contributed by atoms with Gasteiger partial charge in [-0.1, -0.05) is 43.9 Å². The molecular weight excluding hydrogens is 451 g/mol. The van der Waals surface area contributed by atoms with Gasteiger partial charge in [-0.05, 0) is 61.2 Å². The van der Waals surface area contributed by atoms with Crippen molar-refractivity contribution in [2.24, 2.45) is 0 Å². The van der Waals surface area contributed by atoms with Crippen LogP contribution in [0.3, 0.4) is 0 Å². The zero-order valence-corrected chi connectivity index (χ0v) is 22.1. The number of hydrogen-bond acceptors (Lipinski definition) is 4. The first-order valence-electron chi connectivity index (χ1n) is 11.5. The molecule has 1 heterocycles. The molecule has 3 rings (SSSR count). The molecule has 34 heavy (non-hydrogen) atoms. The van der Waals surface area contributed by atoms with Gasteiger partial charge in [-0.2, -0.15) is 0 Å². The predicted molar refractivity (Wildman–Crippen MR) is 135 cm³/mol. The van der Waals surface area contributed by atoms with Crippen LogP contribution in [-0.4, -0.2) is 44.2 Å². The van der Waals surface area contributed by atoms with Crippen molar-refractivity contribution in [2.45, 2.75) is 65.1 Å². The van der Waals surface area contributed by atoms with Gasteiger partial charge in [0.2, 0.25) is 0 Å². The molecule has 0 saturated carbocycles. The van der Waals surface area contributed by atoms with Crippen LogP contribution >= 0.6 is 0 Å². The number of carbonyl (C=O) groups is 2. The van der Waals surface area contributed by atoms with Gasteiger partial charge in [0.25, 0.3) is 5.91 Å². The Kier molecular flexibility index (Phi) is 7.52. The summed E-state index contributed by atoms with van der Waals surface area (Å²) >= 11 is 0. The Hall–Kier alpha value is -2.71. The van der Waals surface area contributed by atoms with E-state index < -0.39 is 31.7 Å². The number of rotatable bonds is 5. The summed E-state index contributed by atoms with van der Waals surface area (Å²) < 4.78 is 25.6. The minimum absolute atomic E-state index is 0.325. The second kappa shape index (κ2) is 9.88. The van der Waals surface area contributed by atoms with Gasteiger partial charge in [-0.15, -0.1) is 0 Å². The molecule has 1 atom stereocenters. The lowest BCUT2D eigenvalue weighted by Gasteiger charge is -2.37. The molecule has 0 radical (unpaired) electrons. The maximum Gasteiger partial charge on any atom is 0.411 e. The largest absolute Gasteiger partial charge is 0.444 e. The van der Waals surface area contributed by atoms with Crippen LogP contribution in [0.1, 0.15) is 43.5 Å². The van der Waals surface area contributed by atoms with E-state index in [0.717, 1.165) is 16.7 Å². The number of nitrogens with zero attached hydrogens (tertiary/aromatic N) is 1. The second-order valence-electron chi connectivity index (χ2n) is 10.7. The summed E-state index contributed by atoms with van der Waals surface area (Å²) in [5.74, 6) is -0.735. The average Bonchev–Trinajstić information content (AvgIpc) is 2.70. The Morgan fingerprint density at radius 1 is 1.15 bits per heavy atom. The molecule has 8 heteroatoms. The van der Waals surface area contributed by atoms with E-state index in [2.05, 4.69) is 25.0 Å². The summed E-state index contributed by atoms with van der Waals surface area (Å²) in [5.41, 5.74) is 2.37. The minimum atomic E-state index is -1.85. The van der Waals surface area contributed by atoms with Crippen LogP contribution in [0.4, 0.5) is 14.9 Å². The molecule has 0 bridgehead atoms. The van der Waals surface area contributed by atoms with E-state index in [1.54, 1.807) is 40.0 Å². The smallest absolute Gasteiger partial charge is 0.411 e. The number of fused-ring (bicyclic) bond motifs is 1. The molecule has 0 aromatic heterocycles. The molecular formula is C26H35FN2O4Si. The number of benzene rings is 2. The summed E-state index contributed by atoms with van der Waals surface area (Å²) in [5, 5.41) is 3.53. The van der Waals surface area contributed by atoms with Crippen molar-refractivity contribution in [3.63, 3.8) is 0 Å². The molecule has 184 valence electrons. The maximum atomic E-state index is 14.8. The molecule has 0 unspecified atom stereocenters. The quantitative estimate of drug-likeness (QED) is 0.605. The summed E-state index contributed by atoms with van der Waals surface area (Å²) in [7, 11) is -0.217. The number of anilines is 1. The molecule has 2 aromatic rings. The van der Waals surface area contributed by atoms with Gasteiger partial charge in [-0.3, -0.25) is 9.69 Å². The van der Waals surface area contributed by atoms with Gasteiger partial charge in [0, 0.05) is 19.3 Å². The summed E-state index contributed by atoms with van der Waals surface area (Å²) in [4.78, 5) is 28.0. The van der Waals surface area contributed by atoms with Gasteiger partial charge in [0.15, 0.2) is 0 Å². The Morgan fingerprint density at radius 2 is 1.85 bits per heavy atom. The van der Waals surface area contributed by atoms with E-state index in [1.807, 2.05) is 18.2 Å². The number of halogens is 1. The zero-order valence-electron chi connectivity index (χ0n) is 21.1. The van der Waals surface area contributed by atoms with Crippen molar-refractivity contribution in [1.29, 1.82) is 0 Å². The van der Waals surface area contributed by atoms with Crippen LogP contribution in [0.15, 0.2) is 36.4 Å². The highest BCUT2D eigenvalue weighted by atomic mass is 28.3. The first kappa shape index (κ1) is 25.9. The van der Waals surface area contributed by atoms with Gasteiger partial charge < -0.3 is 14.8 Å². The van der Waals surface area contributed by atoms with Gasteiger partial charge >= 0.3 is 6.09 Å². The Bertz CT molecular complexity index is 1080. The first-order chi connectivity index (χ1) is 15.8. The SMILES string of the molecule is COCc1ccc2c(c1)CCN(C(=O)OC(C)(C)C)[C@@H]2C(=O)Nc1ccc([Si](C)(C)C)c(F)c1. The first-order valence-corrected chi connectivity index (χ1v) is 15.0. The lowest BCUT2D eigenvalue weighted by atomic mass is 9.90. The third-order valence-corrected chi connectivity index (χ3v) is 7.69. The Labute approximate surface area is 202 Å². The second-order valence-corrected chi connectivity index (χ2v) is 15.8. The third-order valence-electron chi connectivity index (χ3n) is 5.67. The number of methoxy groups -OCH3 is 1. The highest BCUT2D eigenvalue weighted by Crippen LogP contribution is 2.33. The molecule has 0 spiro atoms. The minimum Gasteiger partial charge on any atom is -0.444 e. The van der Waals surface area contributed by atoms with Crippen molar-refractivity contribution < 1.29 is 23.5 Å². The fourth-order valence-electron chi connectivity index (χ4n) is 4.15. The Morgan fingerprint density at radius 3 is 2.44 bits per heavy atom. The monoisotopic (exact) mass is 486 g/mol. The molecule has 0 fully saturated rings. The van der Waals surface area contributed by atoms with Crippen molar-refractivity contribution in [1.82, 2.24) is 4.90 Å². The summed E-state index contributed by atoms with van der Waals surface area (Å²) in [6.45, 7) is 12.4. The van der Waals surface area contributed by atoms with E-state index in [-0.39, 0.29) is 5.82 Å². The molecule has 1 N–H and O–H groups in total. The van der Waals surface area contributed by atoms with Crippen LogP contribution in [0.2, 0.25) is 19.6 Å². The van der Waals surface area contributed by atoms with Gasteiger partial charge in [-0.25, -0.2) is 9.18 Å². The highest BCUT2D eigenvalue weighted by Gasteiger charge is 2.38. The molecule has 1 aliphatic heterocycles. The molecule has 1 aliphatic rings. The fourth-order valence-corrected chi connectivity index (χ4v) is 5.52. The number of nitrogens with one attached hydrogen (secondary N) is 1. The highest BCUT2D eigenvalue weighted by molar-refractivity contribution is 6.88. The van der Waals surface area contributed by atoms with E-state index in [1.165, 1.54) is 11.0 Å². The van der Waals surface area contributed by atoms with Crippen molar-refractivity contribution in [3.8, 4) is 0 Å². The number of hydrogen-bond donors (Lipinski definition) is 1.